The van der Waals surface area contributed by atoms with E-state index in [0.29, 0.717) is 10.8 Å². The standard InChI is InChI=1S/C19H21ClN8S.C2HF3O2/c20-16-13(2-5-23-18(16)22)29-15-10-24-14(9-25-15)27-7-3-19(4-8-27)11-28-12(17(19)21)1-6-26-28;3-2(4,5)1(6)7/h1-2,5-6,9-10,17H,3-4,7-8,11,21H2,(H2,22,23);(H,6,7)/t17-;/m1./s1. The first-order valence-corrected chi connectivity index (χ1v) is 11.9. The topological polar surface area (TPSA) is 149 Å². The maximum atomic E-state index is 10.6. The molecule has 36 heavy (non-hydrogen) atoms. The predicted molar refractivity (Wildman–Crippen MR) is 127 cm³/mol. The molecule has 15 heteroatoms. The highest BCUT2D eigenvalue weighted by atomic mass is 35.5. The van der Waals surface area contributed by atoms with Crippen molar-refractivity contribution in [2.24, 2.45) is 11.1 Å². The zero-order chi connectivity index (χ0) is 26.1. The number of fused-ring (bicyclic) bond motifs is 1. The molecule has 192 valence electrons. The van der Waals surface area contributed by atoms with Crippen molar-refractivity contribution < 1.29 is 23.1 Å². The van der Waals surface area contributed by atoms with Crippen molar-refractivity contribution >= 4 is 41.0 Å². The summed E-state index contributed by atoms with van der Waals surface area (Å²) in [5.74, 6) is -1.56. The summed E-state index contributed by atoms with van der Waals surface area (Å²) >= 11 is 7.63. The van der Waals surface area contributed by atoms with Gasteiger partial charge in [0.1, 0.15) is 16.7 Å². The molecule has 1 spiro atoms. The van der Waals surface area contributed by atoms with Gasteiger partial charge in [0, 0.05) is 42.3 Å². The number of rotatable bonds is 3. The van der Waals surface area contributed by atoms with Gasteiger partial charge >= 0.3 is 12.1 Å². The fourth-order valence-corrected chi connectivity index (χ4v) is 5.24. The number of nitrogens with zero attached hydrogens (tertiary/aromatic N) is 6. The van der Waals surface area contributed by atoms with E-state index in [9.17, 15) is 13.2 Å². The van der Waals surface area contributed by atoms with Crippen molar-refractivity contribution in [2.45, 2.75) is 41.5 Å². The molecule has 3 aromatic rings. The van der Waals surface area contributed by atoms with Gasteiger partial charge in [0.05, 0.1) is 29.2 Å². The van der Waals surface area contributed by atoms with Crippen molar-refractivity contribution in [1.82, 2.24) is 24.7 Å². The number of piperidine rings is 1. The molecule has 0 unspecified atom stereocenters. The molecule has 10 nitrogen and oxygen atoms in total. The summed E-state index contributed by atoms with van der Waals surface area (Å²) in [6.45, 7) is 2.72. The maximum Gasteiger partial charge on any atom is 0.490 e. The van der Waals surface area contributed by atoms with E-state index in [-0.39, 0.29) is 11.5 Å². The number of carboxylic acid groups (broad SMARTS) is 1. The number of carbonyl (C=O) groups is 1. The smallest absolute Gasteiger partial charge is 0.475 e. The minimum Gasteiger partial charge on any atom is -0.475 e. The third-order valence-electron chi connectivity index (χ3n) is 6.23. The summed E-state index contributed by atoms with van der Waals surface area (Å²) in [5.41, 5.74) is 13.6. The lowest BCUT2D eigenvalue weighted by molar-refractivity contribution is -0.192. The number of anilines is 2. The summed E-state index contributed by atoms with van der Waals surface area (Å²) in [4.78, 5) is 25.1. The second kappa shape index (κ2) is 10.1. The first kappa shape index (κ1) is 26.0. The molecule has 0 saturated carbocycles. The number of aromatic nitrogens is 5. The van der Waals surface area contributed by atoms with E-state index >= 15 is 0 Å². The molecule has 3 aromatic heterocycles. The number of pyridine rings is 1. The third-order valence-corrected chi connectivity index (χ3v) is 7.72. The van der Waals surface area contributed by atoms with Crippen LogP contribution in [0.15, 0.2) is 46.8 Å². The van der Waals surface area contributed by atoms with Crippen molar-refractivity contribution in [3.63, 3.8) is 0 Å². The van der Waals surface area contributed by atoms with Crippen molar-refractivity contribution in [2.75, 3.05) is 23.7 Å². The molecule has 0 amide bonds. The Morgan fingerprint density at radius 2 is 1.86 bits per heavy atom. The lowest BCUT2D eigenvalue weighted by atomic mass is 9.73. The van der Waals surface area contributed by atoms with E-state index in [2.05, 4.69) is 29.6 Å². The van der Waals surface area contributed by atoms with E-state index < -0.39 is 12.1 Å². The summed E-state index contributed by atoms with van der Waals surface area (Å²) in [7, 11) is 0. The van der Waals surface area contributed by atoms with E-state index in [4.69, 9.17) is 33.0 Å². The lowest BCUT2D eigenvalue weighted by Gasteiger charge is -2.41. The second-order valence-electron chi connectivity index (χ2n) is 8.37. The number of halogens is 4. The van der Waals surface area contributed by atoms with E-state index in [0.717, 1.165) is 53.9 Å². The molecule has 1 fully saturated rings. The molecule has 0 aliphatic carbocycles. The van der Waals surface area contributed by atoms with Gasteiger partial charge in [-0.15, -0.1) is 0 Å². The van der Waals surface area contributed by atoms with Crippen LogP contribution in [0.1, 0.15) is 24.6 Å². The van der Waals surface area contributed by atoms with E-state index in [1.807, 2.05) is 24.5 Å². The van der Waals surface area contributed by atoms with Crippen LogP contribution < -0.4 is 16.4 Å². The SMILES string of the molecule is Nc1nccc(Sc2cnc(N3CCC4(CC3)Cn3nccc3[C@H]4N)cn2)c1Cl.O=C(O)C(F)(F)F. The molecule has 1 atom stereocenters. The van der Waals surface area contributed by atoms with Gasteiger partial charge in [-0.3, -0.25) is 4.68 Å². The van der Waals surface area contributed by atoms with Crippen LogP contribution in [0.3, 0.4) is 0 Å². The fourth-order valence-electron chi connectivity index (χ4n) is 4.26. The molecule has 5 N–H and O–H groups in total. The summed E-state index contributed by atoms with van der Waals surface area (Å²) < 4.78 is 33.8. The number of carboxylic acids is 1. The van der Waals surface area contributed by atoms with Gasteiger partial charge in [-0.1, -0.05) is 23.4 Å². The van der Waals surface area contributed by atoms with Gasteiger partial charge in [-0.05, 0) is 25.0 Å². The van der Waals surface area contributed by atoms with Crippen molar-refractivity contribution in [1.29, 1.82) is 0 Å². The minimum atomic E-state index is -5.08. The van der Waals surface area contributed by atoms with Crippen molar-refractivity contribution in [3.05, 3.63) is 47.6 Å². The normalized spacial score (nSPS) is 18.5. The first-order chi connectivity index (χ1) is 17.0. The Balaban J connectivity index is 0.000000384. The maximum absolute atomic E-state index is 10.6. The molecule has 0 aromatic carbocycles. The molecule has 5 rings (SSSR count). The number of hydrogen-bond acceptors (Lipinski definition) is 9. The number of aliphatic carboxylic acids is 1. The van der Waals surface area contributed by atoms with Gasteiger partial charge in [-0.25, -0.2) is 19.7 Å². The van der Waals surface area contributed by atoms with Crippen LogP contribution in [0.2, 0.25) is 5.02 Å². The summed E-state index contributed by atoms with van der Waals surface area (Å²) in [6.07, 6.45) is 4.00. The Morgan fingerprint density at radius 3 is 2.44 bits per heavy atom. The largest absolute Gasteiger partial charge is 0.490 e. The first-order valence-electron chi connectivity index (χ1n) is 10.7. The molecule has 1 saturated heterocycles. The highest BCUT2D eigenvalue weighted by Gasteiger charge is 2.47. The Bertz CT molecular complexity index is 1230. The van der Waals surface area contributed by atoms with Gasteiger partial charge in [0.2, 0.25) is 0 Å². The fraction of sp³-hybridized carbons (Fsp3) is 0.381. The Labute approximate surface area is 212 Å². The zero-order valence-electron chi connectivity index (χ0n) is 18.7. The molecule has 0 bridgehead atoms. The summed E-state index contributed by atoms with van der Waals surface area (Å²) in [6, 6.07) is 3.91. The van der Waals surface area contributed by atoms with Crippen LogP contribution in [0, 0.1) is 5.41 Å². The average Bonchev–Trinajstić information content (AvgIpc) is 3.39. The molecule has 2 aliphatic rings. The zero-order valence-corrected chi connectivity index (χ0v) is 20.3. The van der Waals surface area contributed by atoms with Crippen LogP contribution >= 0.6 is 23.4 Å². The Hall–Kier alpha value is -3.10. The van der Waals surface area contributed by atoms with Gasteiger partial charge in [0.15, 0.2) is 0 Å². The van der Waals surface area contributed by atoms with E-state index in [1.165, 1.54) is 11.8 Å². The Kier molecular flexibility index (Phi) is 7.29. The quantitative estimate of drug-likeness (QED) is 0.449. The molecule has 0 radical (unpaired) electrons. The van der Waals surface area contributed by atoms with Crippen LogP contribution in [-0.4, -0.2) is 55.1 Å². The average molecular weight is 543 g/mol. The van der Waals surface area contributed by atoms with Gasteiger partial charge in [-0.2, -0.15) is 18.3 Å². The van der Waals surface area contributed by atoms with Crippen molar-refractivity contribution in [3.8, 4) is 0 Å². The van der Waals surface area contributed by atoms with Crippen LogP contribution in [0.4, 0.5) is 24.8 Å². The monoisotopic (exact) mass is 542 g/mol. The highest BCUT2D eigenvalue weighted by Crippen LogP contribution is 2.47. The molecule has 2 aliphatic heterocycles. The van der Waals surface area contributed by atoms with Gasteiger partial charge in [0.25, 0.3) is 0 Å². The molecule has 5 heterocycles. The minimum absolute atomic E-state index is 0.0505. The second-order valence-corrected chi connectivity index (χ2v) is 9.81. The van der Waals surface area contributed by atoms with Gasteiger partial charge < -0.3 is 21.5 Å². The van der Waals surface area contributed by atoms with Crippen LogP contribution in [0.25, 0.3) is 0 Å². The highest BCUT2D eigenvalue weighted by molar-refractivity contribution is 7.99. The number of alkyl halides is 3. The third kappa shape index (κ3) is 5.34. The Morgan fingerprint density at radius 1 is 1.17 bits per heavy atom. The summed E-state index contributed by atoms with van der Waals surface area (Å²) in [5, 5.41) is 12.7. The predicted octanol–water partition coefficient (Wildman–Crippen LogP) is 3.39. The van der Waals surface area contributed by atoms with Crippen LogP contribution in [0.5, 0.6) is 0 Å². The molecular formula is C21H22ClF3N8O2S. The lowest BCUT2D eigenvalue weighted by Crippen LogP contribution is -2.45. The van der Waals surface area contributed by atoms with Crippen LogP contribution in [-0.2, 0) is 11.3 Å². The number of nitrogen functional groups attached to an aromatic ring is 1. The number of nitrogens with two attached hydrogens (primary N) is 2. The molecular weight excluding hydrogens is 521 g/mol. The number of hydrogen-bond donors (Lipinski definition) is 3. The van der Waals surface area contributed by atoms with E-state index in [1.54, 1.807) is 12.4 Å².